The summed E-state index contributed by atoms with van der Waals surface area (Å²) in [6.07, 6.45) is 3.66. The van der Waals surface area contributed by atoms with E-state index < -0.39 is 0 Å². The highest BCUT2D eigenvalue weighted by Crippen LogP contribution is 2.45. The summed E-state index contributed by atoms with van der Waals surface area (Å²) in [5.74, 6) is 0.821. The third-order valence-corrected chi connectivity index (χ3v) is 7.30. The highest BCUT2D eigenvalue weighted by Gasteiger charge is 2.32. The number of carbonyl (C=O) groups excluding carboxylic acids is 1. The van der Waals surface area contributed by atoms with Crippen molar-refractivity contribution in [1.82, 2.24) is 4.90 Å². The van der Waals surface area contributed by atoms with Gasteiger partial charge in [0.15, 0.2) is 0 Å². The fourth-order valence-corrected chi connectivity index (χ4v) is 5.52. The van der Waals surface area contributed by atoms with Crippen molar-refractivity contribution in [2.45, 2.75) is 39.2 Å². The number of nitrogens with zero attached hydrogens (tertiary/aromatic N) is 1. The third kappa shape index (κ3) is 4.53. The van der Waals surface area contributed by atoms with Gasteiger partial charge in [-0.1, -0.05) is 42.8 Å². The van der Waals surface area contributed by atoms with Crippen LogP contribution in [-0.4, -0.2) is 31.0 Å². The zero-order chi connectivity index (χ0) is 21.8. The summed E-state index contributed by atoms with van der Waals surface area (Å²) in [4.78, 5) is 16.8. The van der Waals surface area contributed by atoms with Crippen molar-refractivity contribution in [3.8, 4) is 5.75 Å². The standard InChI is InChI=1S/C26H30N2O2S/c1-18-19(2)31-26(27-25(29)20-12-6-4-7-13-20)23(18)24(28-16-10-5-11-17-28)21-14-8-9-15-22(21)30-3/h4,6-9,12-15,24H,5,10-11,16-17H2,1-3H3,(H,27,29). The molecule has 4 rings (SSSR count). The number of likely N-dealkylation sites (tertiary alicyclic amines) is 1. The van der Waals surface area contributed by atoms with Gasteiger partial charge in [-0.15, -0.1) is 11.3 Å². The predicted molar refractivity (Wildman–Crippen MR) is 128 cm³/mol. The van der Waals surface area contributed by atoms with E-state index in [1.54, 1.807) is 18.4 Å². The Morgan fingerprint density at radius 3 is 2.39 bits per heavy atom. The molecule has 1 aliphatic rings. The molecule has 1 unspecified atom stereocenters. The van der Waals surface area contributed by atoms with Crippen LogP contribution in [0.1, 0.15) is 57.2 Å². The van der Waals surface area contributed by atoms with E-state index in [1.807, 2.05) is 42.5 Å². The van der Waals surface area contributed by atoms with Gasteiger partial charge < -0.3 is 10.1 Å². The largest absolute Gasteiger partial charge is 0.496 e. The number of amides is 1. The second-order valence-corrected chi connectivity index (χ2v) is 9.31. The van der Waals surface area contributed by atoms with Crippen LogP contribution in [0.3, 0.4) is 0 Å². The third-order valence-electron chi connectivity index (χ3n) is 6.16. The van der Waals surface area contributed by atoms with Crippen LogP contribution >= 0.6 is 11.3 Å². The molecule has 1 amide bonds. The average Bonchev–Trinajstić information content (AvgIpc) is 3.09. The number of hydrogen-bond donors (Lipinski definition) is 1. The first-order valence-corrected chi connectivity index (χ1v) is 11.7. The fourth-order valence-electron chi connectivity index (χ4n) is 4.44. The summed E-state index contributed by atoms with van der Waals surface area (Å²) in [7, 11) is 1.73. The molecule has 0 spiro atoms. The van der Waals surface area contributed by atoms with E-state index >= 15 is 0 Å². The van der Waals surface area contributed by atoms with Crippen molar-refractivity contribution in [2.75, 3.05) is 25.5 Å². The minimum atomic E-state index is -0.0690. The number of rotatable bonds is 6. The number of ether oxygens (including phenoxy) is 1. The topological polar surface area (TPSA) is 41.6 Å². The van der Waals surface area contributed by atoms with Gasteiger partial charge >= 0.3 is 0 Å². The van der Waals surface area contributed by atoms with Gasteiger partial charge in [0.2, 0.25) is 0 Å². The van der Waals surface area contributed by atoms with E-state index in [2.05, 4.69) is 36.2 Å². The second-order valence-electron chi connectivity index (χ2n) is 8.09. The van der Waals surface area contributed by atoms with Crippen LogP contribution in [0.4, 0.5) is 5.00 Å². The monoisotopic (exact) mass is 434 g/mol. The zero-order valence-corrected chi connectivity index (χ0v) is 19.3. The van der Waals surface area contributed by atoms with Crippen LogP contribution in [0.15, 0.2) is 54.6 Å². The lowest BCUT2D eigenvalue weighted by molar-refractivity contribution is 0.102. The summed E-state index contributed by atoms with van der Waals surface area (Å²) >= 11 is 1.67. The van der Waals surface area contributed by atoms with Gasteiger partial charge in [-0.05, 0) is 63.5 Å². The van der Waals surface area contributed by atoms with Crippen LogP contribution in [0.25, 0.3) is 0 Å². The number of anilines is 1. The van der Waals surface area contributed by atoms with Gasteiger partial charge in [-0.3, -0.25) is 9.69 Å². The molecule has 1 fully saturated rings. The molecule has 1 atom stereocenters. The van der Waals surface area contributed by atoms with Crippen molar-refractivity contribution in [3.63, 3.8) is 0 Å². The Morgan fingerprint density at radius 1 is 1.00 bits per heavy atom. The molecule has 0 radical (unpaired) electrons. The lowest BCUT2D eigenvalue weighted by atomic mass is 9.92. The predicted octanol–water partition coefficient (Wildman–Crippen LogP) is 6.20. The molecule has 1 saturated heterocycles. The number of benzene rings is 2. The van der Waals surface area contributed by atoms with E-state index in [0.717, 1.165) is 29.4 Å². The summed E-state index contributed by atoms with van der Waals surface area (Å²) in [5.41, 5.74) is 4.26. The van der Waals surface area contributed by atoms with Crippen LogP contribution in [0.5, 0.6) is 5.75 Å². The molecule has 0 saturated carbocycles. The SMILES string of the molecule is COc1ccccc1C(c1c(NC(=O)c2ccccc2)sc(C)c1C)N1CCCCC1. The van der Waals surface area contributed by atoms with Crippen LogP contribution in [0, 0.1) is 13.8 Å². The van der Waals surface area contributed by atoms with Gasteiger partial charge in [-0.25, -0.2) is 0 Å². The van der Waals surface area contributed by atoms with Crippen molar-refractivity contribution >= 4 is 22.2 Å². The van der Waals surface area contributed by atoms with Crippen molar-refractivity contribution in [3.05, 3.63) is 81.7 Å². The summed E-state index contributed by atoms with van der Waals surface area (Å²) in [6, 6.07) is 17.7. The Kier molecular flexibility index (Phi) is 6.73. The molecule has 0 bridgehead atoms. The van der Waals surface area contributed by atoms with Crippen LogP contribution in [0.2, 0.25) is 0 Å². The zero-order valence-electron chi connectivity index (χ0n) is 18.5. The molecular weight excluding hydrogens is 404 g/mol. The number of piperidine rings is 1. The number of para-hydroxylation sites is 1. The van der Waals surface area contributed by atoms with E-state index in [-0.39, 0.29) is 11.9 Å². The molecule has 162 valence electrons. The lowest BCUT2D eigenvalue weighted by Crippen LogP contribution is -2.35. The number of hydrogen-bond acceptors (Lipinski definition) is 4. The highest BCUT2D eigenvalue weighted by atomic mass is 32.1. The molecular formula is C26H30N2O2S. The van der Waals surface area contributed by atoms with E-state index in [4.69, 9.17) is 4.74 Å². The number of carbonyl (C=O) groups is 1. The average molecular weight is 435 g/mol. The van der Waals surface area contributed by atoms with Gasteiger partial charge in [0.05, 0.1) is 13.2 Å². The molecule has 1 aromatic heterocycles. The van der Waals surface area contributed by atoms with Gasteiger partial charge in [0.25, 0.3) is 5.91 Å². The van der Waals surface area contributed by atoms with E-state index in [1.165, 1.54) is 35.3 Å². The Hall–Kier alpha value is -2.63. The molecule has 2 aromatic carbocycles. The summed E-state index contributed by atoms with van der Waals surface area (Å²) in [6.45, 7) is 6.40. The Morgan fingerprint density at radius 2 is 1.68 bits per heavy atom. The van der Waals surface area contributed by atoms with Gasteiger partial charge in [-0.2, -0.15) is 0 Å². The first kappa shape index (κ1) is 21.6. The molecule has 0 aliphatic carbocycles. The first-order valence-electron chi connectivity index (χ1n) is 10.9. The Bertz CT molecular complexity index is 1040. The van der Waals surface area contributed by atoms with E-state index in [0.29, 0.717) is 5.56 Å². The van der Waals surface area contributed by atoms with Crippen LogP contribution in [-0.2, 0) is 0 Å². The van der Waals surface area contributed by atoms with Crippen molar-refractivity contribution in [2.24, 2.45) is 0 Å². The summed E-state index contributed by atoms with van der Waals surface area (Å²) < 4.78 is 5.76. The molecule has 31 heavy (non-hydrogen) atoms. The van der Waals surface area contributed by atoms with Gasteiger partial charge in [0, 0.05) is 21.6 Å². The minimum absolute atomic E-state index is 0.0486. The molecule has 1 N–H and O–H groups in total. The molecule has 5 heteroatoms. The van der Waals surface area contributed by atoms with E-state index in [9.17, 15) is 4.79 Å². The van der Waals surface area contributed by atoms with Crippen molar-refractivity contribution < 1.29 is 9.53 Å². The number of thiophene rings is 1. The maximum atomic E-state index is 13.0. The number of aryl methyl sites for hydroxylation is 1. The van der Waals surface area contributed by atoms with Gasteiger partial charge in [0.1, 0.15) is 10.8 Å². The smallest absolute Gasteiger partial charge is 0.256 e. The second kappa shape index (κ2) is 9.67. The quantitative estimate of drug-likeness (QED) is 0.502. The number of methoxy groups -OCH3 is 1. The molecule has 1 aliphatic heterocycles. The molecule has 2 heterocycles. The molecule has 3 aromatic rings. The Balaban J connectivity index is 1.80. The highest BCUT2D eigenvalue weighted by molar-refractivity contribution is 7.16. The van der Waals surface area contributed by atoms with Crippen LogP contribution < -0.4 is 10.1 Å². The summed E-state index contributed by atoms with van der Waals surface area (Å²) in [5, 5.41) is 4.16. The maximum Gasteiger partial charge on any atom is 0.256 e. The normalized spacial score (nSPS) is 15.5. The number of nitrogens with one attached hydrogen (secondary N) is 1. The lowest BCUT2D eigenvalue weighted by Gasteiger charge is -2.36. The van der Waals surface area contributed by atoms with Crippen molar-refractivity contribution in [1.29, 1.82) is 0 Å². The maximum absolute atomic E-state index is 13.0. The minimum Gasteiger partial charge on any atom is -0.496 e. The Labute approximate surface area is 188 Å². The molecule has 4 nitrogen and oxygen atoms in total. The fraction of sp³-hybridized carbons (Fsp3) is 0.346. The first-order chi connectivity index (χ1) is 15.1.